The monoisotopic (exact) mass is 485 g/mol. The van der Waals surface area contributed by atoms with Crippen LogP contribution in [0.2, 0.25) is 0 Å². The Morgan fingerprint density at radius 2 is 1.50 bits per heavy atom. The third kappa shape index (κ3) is 5.26. The van der Waals surface area contributed by atoms with Crippen molar-refractivity contribution in [2.24, 2.45) is 0 Å². The third-order valence-electron chi connectivity index (χ3n) is 5.97. The first-order chi connectivity index (χ1) is 17.4. The Bertz CT molecular complexity index is 1360. The highest BCUT2D eigenvalue weighted by Gasteiger charge is 2.18. The Morgan fingerprint density at radius 1 is 0.861 bits per heavy atom. The molecule has 0 bridgehead atoms. The van der Waals surface area contributed by atoms with Crippen molar-refractivity contribution in [1.82, 2.24) is 15.2 Å². The lowest BCUT2D eigenvalue weighted by atomic mass is 10.0. The molecule has 0 spiro atoms. The van der Waals surface area contributed by atoms with Crippen molar-refractivity contribution >= 4 is 16.8 Å². The number of nitrogens with one attached hydrogen (secondary N) is 1. The number of rotatable bonds is 9. The summed E-state index contributed by atoms with van der Waals surface area (Å²) in [6, 6.07) is 21.3. The highest BCUT2D eigenvalue weighted by molar-refractivity contribution is 6.07. The number of carbonyl (C=O) groups excluding carboxylic acids is 1. The third-order valence-corrected chi connectivity index (χ3v) is 5.97. The topological polar surface area (TPSA) is 72.9 Å². The second-order valence-electron chi connectivity index (χ2n) is 8.68. The summed E-state index contributed by atoms with van der Waals surface area (Å²) in [5.41, 5.74) is 4.92. The molecule has 0 atom stereocenters. The summed E-state index contributed by atoms with van der Waals surface area (Å²) in [6.07, 6.45) is 0. The molecule has 0 radical (unpaired) electrons. The van der Waals surface area contributed by atoms with Gasteiger partial charge in [-0.3, -0.25) is 4.79 Å². The van der Waals surface area contributed by atoms with E-state index in [2.05, 4.69) is 16.3 Å². The van der Waals surface area contributed by atoms with E-state index < -0.39 is 0 Å². The van der Waals surface area contributed by atoms with Gasteiger partial charge in [-0.2, -0.15) is 0 Å². The lowest BCUT2D eigenvalue weighted by Crippen LogP contribution is -2.24. The van der Waals surface area contributed by atoms with Crippen molar-refractivity contribution in [1.29, 1.82) is 0 Å². The predicted octanol–water partition coefficient (Wildman–Crippen LogP) is 4.92. The number of pyridine rings is 1. The Hall–Kier alpha value is -4.10. The van der Waals surface area contributed by atoms with E-state index in [-0.39, 0.29) is 5.91 Å². The van der Waals surface area contributed by atoms with E-state index in [9.17, 15) is 4.79 Å². The van der Waals surface area contributed by atoms with Gasteiger partial charge in [0.05, 0.1) is 38.1 Å². The van der Waals surface area contributed by atoms with Crippen molar-refractivity contribution in [2.45, 2.75) is 13.1 Å². The maximum atomic E-state index is 13.5. The second kappa shape index (κ2) is 11.1. The fourth-order valence-corrected chi connectivity index (χ4v) is 4.24. The van der Waals surface area contributed by atoms with Gasteiger partial charge < -0.3 is 24.4 Å². The van der Waals surface area contributed by atoms with E-state index in [4.69, 9.17) is 19.2 Å². The first-order valence-corrected chi connectivity index (χ1v) is 11.6. The quantitative estimate of drug-likeness (QED) is 0.363. The van der Waals surface area contributed by atoms with Crippen molar-refractivity contribution in [3.05, 3.63) is 83.4 Å². The molecule has 7 heteroatoms. The minimum Gasteiger partial charge on any atom is -0.493 e. The normalized spacial score (nSPS) is 10.9. The van der Waals surface area contributed by atoms with Gasteiger partial charge in [-0.05, 0) is 49.5 Å². The van der Waals surface area contributed by atoms with E-state index >= 15 is 0 Å². The summed E-state index contributed by atoms with van der Waals surface area (Å²) in [7, 11) is 8.77. The van der Waals surface area contributed by atoms with Crippen LogP contribution >= 0.6 is 0 Å². The summed E-state index contributed by atoms with van der Waals surface area (Å²) in [4.78, 5) is 20.4. The molecule has 186 valence electrons. The second-order valence-corrected chi connectivity index (χ2v) is 8.68. The Balaban J connectivity index is 1.73. The van der Waals surface area contributed by atoms with Gasteiger partial charge in [0.25, 0.3) is 5.91 Å². The van der Waals surface area contributed by atoms with Gasteiger partial charge in [-0.15, -0.1) is 0 Å². The average molecular weight is 486 g/mol. The van der Waals surface area contributed by atoms with Crippen molar-refractivity contribution < 1.29 is 19.0 Å². The molecule has 0 fully saturated rings. The zero-order valence-corrected chi connectivity index (χ0v) is 21.3. The minimum atomic E-state index is -0.165. The molecule has 0 unspecified atom stereocenters. The van der Waals surface area contributed by atoms with Crippen LogP contribution in [0.3, 0.4) is 0 Å². The van der Waals surface area contributed by atoms with Crippen LogP contribution in [0, 0.1) is 0 Å². The molecule has 1 amide bonds. The smallest absolute Gasteiger partial charge is 0.252 e. The van der Waals surface area contributed by atoms with E-state index in [0.29, 0.717) is 35.1 Å². The van der Waals surface area contributed by atoms with Gasteiger partial charge in [-0.25, -0.2) is 4.98 Å². The van der Waals surface area contributed by atoms with E-state index in [1.54, 1.807) is 21.3 Å². The predicted molar refractivity (Wildman–Crippen MR) is 142 cm³/mol. The molecule has 36 heavy (non-hydrogen) atoms. The number of aromatic nitrogens is 1. The van der Waals surface area contributed by atoms with Crippen LogP contribution in [-0.2, 0) is 13.1 Å². The molecule has 4 aromatic rings. The molecule has 0 aliphatic carbocycles. The highest BCUT2D eigenvalue weighted by atomic mass is 16.5. The number of amides is 1. The van der Waals surface area contributed by atoms with Crippen LogP contribution in [0.25, 0.3) is 22.2 Å². The summed E-state index contributed by atoms with van der Waals surface area (Å²) in [6.45, 7) is 1.23. The molecule has 0 aliphatic heterocycles. The molecular weight excluding hydrogens is 454 g/mol. The van der Waals surface area contributed by atoms with Crippen LogP contribution < -0.4 is 19.5 Å². The molecular formula is C29H31N3O4. The molecule has 1 N–H and O–H groups in total. The lowest BCUT2D eigenvalue weighted by Gasteiger charge is -2.16. The summed E-state index contributed by atoms with van der Waals surface area (Å²) in [5.74, 6) is 1.37. The first kappa shape index (κ1) is 25.0. The van der Waals surface area contributed by atoms with Crippen LogP contribution in [0.4, 0.5) is 0 Å². The molecule has 7 nitrogen and oxygen atoms in total. The number of nitrogens with zero attached hydrogens (tertiary/aromatic N) is 2. The number of fused-ring (bicyclic) bond motifs is 1. The number of benzene rings is 3. The molecule has 0 aliphatic rings. The SMILES string of the molecule is COc1cc(-c2cc(C(=O)NCc3ccccc3CN(C)C)c3ccccc3n2)cc(OC)c1OC. The fourth-order valence-electron chi connectivity index (χ4n) is 4.24. The number of hydrogen-bond acceptors (Lipinski definition) is 6. The maximum absolute atomic E-state index is 13.5. The average Bonchev–Trinajstić information content (AvgIpc) is 2.90. The van der Waals surface area contributed by atoms with E-state index in [1.165, 1.54) is 5.56 Å². The minimum absolute atomic E-state index is 0.165. The van der Waals surface area contributed by atoms with Crippen LogP contribution in [0.5, 0.6) is 17.2 Å². The molecule has 0 saturated heterocycles. The molecule has 3 aromatic carbocycles. The standard InChI is InChI=1S/C29H31N3O4/c1-32(2)18-20-11-7-6-10-19(20)17-30-29(33)23-16-25(31-24-13-9-8-12-22(23)24)21-14-26(34-3)28(36-5)27(15-21)35-4/h6-16H,17-18H2,1-5H3,(H,30,33). The van der Waals surface area contributed by atoms with Gasteiger partial charge in [0.2, 0.25) is 5.75 Å². The summed E-state index contributed by atoms with van der Waals surface area (Å²) in [5, 5.41) is 3.89. The highest BCUT2D eigenvalue weighted by Crippen LogP contribution is 2.41. The number of carbonyl (C=O) groups is 1. The van der Waals surface area contributed by atoms with Gasteiger partial charge in [-0.1, -0.05) is 42.5 Å². The number of para-hydroxylation sites is 1. The van der Waals surface area contributed by atoms with E-state index in [1.807, 2.05) is 74.8 Å². The van der Waals surface area contributed by atoms with Gasteiger partial charge in [0.15, 0.2) is 11.5 Å². The van der Waals surface area contributed by atoms with Gasteiger partial charge in [0.1, 0.15) is 0 Å². The van der Waals surface area contributed by atoms with Crippen molar-refractivity contribution in [2.75, 3.05) is 35.4 Å². The van der Waals surface area contributed by atoms with Crippen molar-refractivity contribution in [3.8, 4) is 28.5 Å². The molecule has 4 rings (SSSR count). The van der Waals surface area contributed by atoms with E-state index in [0.717, 1.165) is 28.6 Å². The number of methoxy groups -OCH3 is 3. The number of ether oxygens (including phenoxy) is 3. The lowest BCUT2D eigenvalue weighted by molar-refractivity contribution is 0.0952. The maximum Gasteiger partial charge on any atom is 0.252 e. The molecule has 0 saturated carbocycles. The van der Waals surface area contributed by atoms with Crippen LogP contribution in [-0.4, -0.2) is 51.2 Å². The fraction of sp³-hybridized carbons (Fsp3) is 0.241. The zero-order chi connectivity index (χ0) is 25.7. The van der Waals surface area contributed by atoms with Crippen LogP contribution in [0.15, 0.2) is 66.7 Å². The Kier molecular flexibility index (Phi) is 7.71. The molecule has 1 heterocycles. The van der Waals surface area contributed by atoms with Crippen LogP contribution in [0.1, 0.15) is 21.5 Å². The largest absolute Gasteiger partial charge is 0.493 e. The van der Waals surface area contributed by atoms with Crippen molar-refractivity contribution in [3.63, 3.8) is 0 Å². The first-order valence-electron chi connectivity index (χ1n) is 11.6. The summed E-state index contributed by atoms with van der Waals surface area (Å²) >= 11 is 0. The number of hydrogen-bond donors (Lipinski definition) is 1. The van der Waals surface area contributed by atoms with Gasteiger partial charge >= 0.3 is 0 Å². The Labute approximate surface area is 211 Å². The Morgan fingerprint density at radius 3 is 2.14 bits per heavy atom. The summed E-state index contributed by atoms with van der Waals surface area (Å²) < 4.78 is 16.5. The zero-order valence-electron chi connectivity index (χ0n) is 21.3. The van der Waals surface area contributed by atoms with Gasteiger partial charge in [0, 0.05) is 24.0 Å². The molecule has 1 aromatic heterocycles.